The first-order valence-electron chi connectivity index (χ1n) is 8.73. The highest BCUT2D eigenvalue weighted by atomic mass is 16.5. The number of rotatable bonds is 7. The van der Waals surface area contributed by atoms with Crippen molar-refractivity contribution in [3.8, 4) is 29.6 Å². The van der Waals surface area contributed by atoms with E-state index in [2.05, 4.69) is 18.2 Å². The molecule has 25 heavy (non-hydrogen) atoms. The maximum absolute atomic E-state index is 12.7. The number of hydrogen-bond acceptors (Lipinski definition) is 4. The Labute approximate surface area is 150 Å². The second-order valence-corrected chi connectivity index (χ2v) is 6.36. The number of hydrogen-bond donors (Lipinski definition) is 1. The van der Waals surface area contributed by atoms with Crippen molar-refractivity contribution in [2.75, 3.05) is 20.8 Å². The number of carbonyl (C=O) groups excluding carboxylic acids is 1. The smallest absolute Gasteiger partial charge is 0.251 e. The van der Waals surface area contributed by atoms with Gasteiger partial charge in [0, 0.05) is 11.6 Å². The highest BCUT2D eigenvalue weighted by Crippen LogP contribution is 2.38. The van der Waals surface area contributed by atoms with Crippen LogP contribution < -0.4 is 19.5 Å². The van der Waals surface area contributed by atoms with Crippen LogP contribution in [0.15, 0.2) is 12.1 Å². The van der Waals surface area contributed by atoms with Crippen molar-refractivity contribution in [2.24, 2.45) is 5.92 Å². The molecule has 0 radical (unpaired) electrons. The van der Waals surface area contributed by atoms with Crippen LogP contribution in [0.1, 0.15) is 49.4 Å². The highest BCUT2D eigenvalue weighted by Gasteiger charge is 2.23. The minimum Gasteiger partial charge on any atom is -0.493 e. The summed E-state index contributed by atoms with van der Waals surface area (Å²) in [6.45, 7) is 2.17. The van der Waals surface area contributed by atoms with E-state index in [4.69, 9.17) is 20.6 Å². The van der Waals surface area contributed by atoms with Crippen molar-refractivity contribution in [2.45, 2.75) is 45.1 Å². The summed E-state index contributed by atoms with van der Waals surface area (Å²) in [5.41, 5.74) is 0.476. The Morgan fingerprint density at radius 2 is 1.84 bits per heavy atom. The van der Waals surface area contributed by atoms with E-state index in [0.29, 0.717) is 28.7 Å². The van der Waals surface area contributed by atoms with E-state index in [1.54, 1.807) is 12.1 Å². The summed E-state index contributed by atoms with van der Waals surface area (Å²) in [7, 11) is 3.04. The third-order valence-electron chi connectivity index (χ3n) is 4.74. The first kappa shape index (κ1) is 19.0. The van der Waals surface area contributed by atoms with Crippen molar-refractivity contribution < 1.29 is 19.0 Å². The fourth-order valence-corrected chi connectivity index (χ4v) is 3.31. The molecule has 0 unspecified atom stereocenters. The zero-order valence-electron chi connectivity index (χ0n) is 15.3. The van der Waals surface area contributed by atoms with Crippen LogP contribution >= 0.6 is 0 Å². The van der Waals surface area contributed by atoms with Gasteiger partial charge in [-0.1, -0.05) is 25.2 Å². The van der Waals surface area contributed by atoms with Crippen molar-refractivity contribution in [3.63, 3.8) is 0 Å². The third kappa shape index (κ3) is 4.82. The van der Waals surface area contributed by atoms with Crippen LogP contribution in [0.2, 0.25) is 0 Å². The molecule has 1 atom stereocenters. The van der Waals surface area contributed by atoms with Crippen molar-refractivity contribution in [1.29, 1.82) is 0 Å². The van der Waals surface area contributed by atoms with Gasteiger partial charge in [0.15, 0.2) is 11.5 Å². The monoisotopic (exact) mass is 345 g/mol. The van der Waals surface area contributed by atoms with E-state index in [9.17, 15) is 4.79 Å². The van der Waals surface area contributed by atoms with Crippen LogP contribution in [0, 0.1) is 18.3 Å². The molecule has 1 saturated carbocycles. The fourth-order valence-electron chi connectivity index (χ4n) is 3.31. The van der Waals surface area contributed by atoms with Gasteiger partial charge in [-0.05, 0) is 37.8 Å². The van der Waals surface area contributed by atoms with Crippen LogP contribution in [-0.4, -0.2) is 32.8 Å². The zero-order chi connectivity index (χ0) is 18.2. The Balaban J connectivity index is 2.17. The van der Waals surface area contributed by atoms with E-state index in [-0.39, 0.29) is 18.6 Å². The van der Waals surface area contributed by atoms with E-state index in [0.717, 1.165) is 0 Å². The van der Waals surface area contributed by atoms with Crippen molar-refractivity contribution in [3.05, 3.63) is 17.7 Å². The lowest BCUT2D eigenvalue weighted by atomic mass is 9.84. The summed E-state index contributed by atoms with van der Waals surface area (Å²) >= 11 is 0. The minimum atomic E-state index is -0.141. The van der Waals surface area contributed by atoms with Crippen LogP contribution in [0.5, 0.6) is 17.2 Å². The standard InChI is InChI=1S/C20H27NO4/c1-5-11-25-19-17(23-3)12-16(13-18(19)24-4)20(22)21-14(2)15-9-7-6-8-10-15/h1,12-15H,6-11H2,2-4H3,(H,21,22)/t14-/m0/s1. The number of benzene rings is 1. The number of nitrogens with one attached hydrogen (secondary N) is 1. The third-order valence-corrected chi connectivity index (χ3v) is 4.74. The molecule has 136 valence electrons. The first-order chi connectivity index (χ1) is 12.1. The number of ether oxygens (including phenoxy) is 3. The molecule has 2 rings (SSSR count). The Morgan fingerprint density at radius 3 is 2.36 bits per heavy atom. The molecule has 1 aliphatic carbocycles. The van der Waals surface area contributed by atoms with Gasteiger partial charge < -0.3 is 19.5 Å². The van der Waals surface area contributed by atoms with Crippen LogP contribution in [0.3, 0.4) is 0 Å². The second kappa shape index (κ2) is 9.22. The molecule has 1 fully saturated rings. The summed E-state index contributed by atoms with van der Waals surface area (Å²) in [6, 6.07) is 3.44. The summed E-state index contributed by atoms with van der Waals surface area (Å²) in [6.07, 6.45) is 11.4. The van der Waals surface area contributed by atoms with E-state index in [1.807, 2.05) is 0 Å². The minimum absolute atomic E-state index is 0.0942. The molecule has 1 aromatic carbocycles. The normalized spacial score (nSPS) is 15.8. The number of amides is 1. The molecule has 0 aliphatic heterocycles. The van der Waals surface area contributed by atoms with Crippen LogP contribution in [0.4, 0.5) is 0 Å². The maximum Gasteiger partial charge on any atom is 0.251 e. The predicted octanol–water partition coefficient (Wildman–Crippen LogP) is 3.41. The van der Waals surface area contributed by atoms with Crippen LogP contribution in [0.25, 0.3) is 0 Å². The average molecular weight is 345 g/mol. The molecule has 0 spiro atoms. The summed E-state index contributed by atoms with van der Waals surface area (Å²) in [5.74, 6) is 4.05. The molecule has 0 aromatic heterocycles. The molecule has 1 amide bonds. The lowest BCUT2D eigenvalue weighted by Crippen LogP contribution is -2.38. The van der Waals surface area contributed by atoms with Gasteiger partial charge in [-0.15, -0.1) is 6.42 Å². The Kier molecular flexibility index (Phi) is 7.00. The first-order valence-corrected chi connectivity index (χ1v) is 8.73. The summed E-state index contributed by atoms with van der Waals surface area (Å²) in [5, 5.41) is 3.11. The van der Waals surface area contributed by atoms with E-state index < -0.39 is 0 Å². The van der Waals surface area contributed by atoms with Gasteiger partial charge in [-0.3, -0.25) is 4.79 Å². The summed E-state index contributed by atoms with van der Waals surface area (Å²) < 4.78 is 16.2. The molecular formula is C20H27NO4. The molecule has 1 aliphatic rings. The Morgan fingerprint density at radius 1 is 1.24 bits per heavy atom. The van der Waals surface area contributed by atoms with Crippen LogP contribution in [-0.2, 0) is 0 Å². The molecule has 0 saturated heterocycles. The Hall–Kier alpha value is -2.35. The van der Waals surface area contributed by atoms with Gasteiger partial charge >= 0.3 is 0 Å². The van der Waals surface area contributed by atoms with Gasteiger partial charge in [0.25, 0.3) is 5.91 Å². The average Bonchev–Trinajstić information content (AvgIpc) is 2.66. The molecule has 1 aromatic rings. The molecule has 1 N–H and O–H groups in total. The second-order valence-electron chi connectivity index (χ2n) is 6.36. The topological polar surface area (TPSA) is 56.8 Å². The Bertz CT molecular complexity index is 604. The molecular weight excluding hydrogens is 318 g/mol. The maximum atomic E-state index is 12.7. The summed E-state index contributed by atoms with van der Waals surface area (Å²) in [4.78, 5) is 12.7. The van der Waals surface area contributed by atoms with E-state index >= 15 is 0 Å². The largest absolute Gasteiger partial charge is 0.493 e. The van der Waals surface area contributed by atoms with E-state index in [1.165, 1.54) is 46.3 Å². The molecule has 0 heterocycles. The SMILES string of the molecule is C#CCOc1c(OC)cc(C(=O)N[C@@H](C)C2CCCCC2)cc1OC. The quantitative estimate of drug-likeness (QED) is 0.770. The van der Waals surface area contributed by atoms with Gasteiger partial charge in [0.2, 0.25) is 5.75 Å². The van der Waals surface area contributed by atoms with Gasteiger partial charge in [0.05, 0.1) is 14.2 Å². The zero-order valence-corrected chi connectivity index (χ0v) is 15.3. The highest BCUT2D eigenvalue weighted by molar-refractivity contribution is 5.95. The molecule has 5 nitrogen and oxygen atoms in total. The van der Waals surface area contributed by atoms with Gasteiger partial charge in [0.1, 0.15) is 6.61 Å². The number of methoxy groups -OCH3 is 2. The fraction of sp³-hybridized carbons (Fsp3) is 0.550. The lowest BCUT2D eigenvalue weighted by Gasteiger charge is -2.28. The van der Waals surface area contributed by atoms with Gasteiger partial charge in [-0.2, -0.15) is 0 Å². The van der Waals surface area contributed by atoms with Crippen molar-refractivity contribution in [1.82, 2.24) is 5.32 Å². The number of carbonyl (C=O) groups is 1. The predicted molar refractivity (Wildman–Crippen MR) is 97.4 cm³/mol. The van der Waals surface area contributed by atoms with Gasteiger partial charge in [-0.25, -0.2) is 0 Å². The van der Waals surface area contributed by atoms with Crippen molar-refractivity contribution >= 4 is 5.91 Å². The number of terminal acetylenes is 1. The molecule has 0 bridgehead atoms. The molecule has 5 heteroatoms. The lowest BCUT2D eigenvalue weighted by molar-refractivity contribution is 0.0918.